The Morgan fingerprint density at radius 2 is 1.74 bits per heavy atom. The minimum atomic E-state index is -0.649. The van der Waals surface area contributed by atoms with Gasteiger partial charge in [0.2, 0.25) is 5.91 Å². The summed E-state index contributed by atoms with van der Waals surface area (Å²) in [4.78, 5) is 13.3. The maximum atomic E-state index is 13.3. The number of carbonyl (C=O) groups is 1. The lowest BCUT2D eigenvalue weighted by molar-refractivity contribution is -0.130. The summed E-state index contributed by atoms with van der Waals surface area (Å²) < 4.78 is 16.3. The molecule has 1 fully saturated rings. The van der Waals surface area contributed by atoms with Gasteiger partial charge in [0.1, 0.15) is 0 Å². The lowest BCUT2D eigenvalue weighted by Crippen LogP contribution is -2.47. The SMILES string of the molecule is COc1ccc(C2(C(=O)NCc3ccc(Cl)cc3)CCOCC2)cc1OC. The molecule has 1 aliphatic heterocycles. The van der Waals surface area contributed by atoms with Crippen molar-refractivity contribution in [2.45, 2.75) is 24.8 Å². The van der Waals surface area contributed by atoms with Gasteiger partial charge in [0.05, 0.1) is 19.6 Å². The maximum Gasteiger partial charge on any atom is 0.231 e. The minimum Gasteiger partial charge on any atom is -0.493 e. The van der Waals surface area contributed by atoms with Crippen molar-refractivity contribution >= 4 is 17.5 Å². The highest BCUT2D eigenvalue weighted by Gasteiger charge is 2.42. The highest BCUT2D eigenvalue weighted by molar-refractivity contribution is 6.30. The first-order chi connectivity index (χ1) is 13.1. The number of amides is 1. The van der Waals surface area contributed by atoms with Gasteiger partial charge in [-0.3, -0.25) is 4.79 Å². The van der Waals surface area contributed by atoms with Crippen molar-refractivity contribution in [1.29, 1.82) is 0 Å². The fourth-order valence-electron chi connectivity index (χ4n) is 3.45. The second kappa shape index (κ2) is 8.63. The Balaban J connectivity index is 1.85. The Labute approximate surface area is 164 Å². The van der Waals surface area contributed by atoms with E-state index < -0.39 is 5.41 Å². The molecular formula is C21H24ClNO4. The van der Waals surface area contributed by atoms with Gasteiger partial charge in [0.15, 0.2) is 11.5 Å². The van der Waals surface area contributed by atoms with Crippen LogP contribution in [0.2, 0.25) is 5.02 Å². The number of ether oxygens (including phenoxy) is 3. The first-order valence-electron chi connectivity index (χ1n) is 8.92. The molecule has 5 nitrogen and oxygen atoms in total. The van der Waals surface area contributed by atoms with Crippen molar-refractivity contribution in [2.24, 2.45) is 0 Å². The van der Waals surface area contributed by atoms with E-state index in [2.05, 4.69) is 5.32 Å². The fraction of sp³-hybridized carbons (Fsp3) is 0.381. The molecule has 1 N–H and O–H groups in total. The summed E-state index contributed by atoms with van der Waals surface area (Å²) in [5.74, 6) is 1.25. The molecule has 144 valence electrons. The van der Waals surface area contributed by atoms with E-state index >= 15 is 0 Å². The smallest absolute Gasteiger partial charge is 0.231 e. The monoisotopic (exact) mass is 389 g/mol. The Morgan fingerprint density at radius 3 is 2.37 bits per heavy atom. The van der Waals surface area contributed by atoms with E-state index in [0.29, 0.717) is 49.1 Å². The van der Waals surface area contributed by atoms with Crippen LogP contribution in [-0.2, 0) is 21.5 Å². The van der Waals surface area contributed by atoms with E-state index in [1.54, 1.807) is 14.2 Å². The molecule has 0 aliphatic carbocycles. The molecule has 1 aliphatic rings. The van der Waals surface area contributed by atoms with Gasteiger partial charge in [-0.25, -0.2) is 0 Å². The Bertz CT molecular complexity index is 785. The zero-order chi connectivity index (χ0) is 19.3. The number of hydrogen-bond donors (Lipinski definition) is 1. The molecule has 0 aromatic heterocycles. The number of rotatable bonds is 6. The largest absolute Gasteiger partial charge is 0.493 e. The summed E-state index contributed by atoms with van der Waals surface area (Å²) in [5, 5.41) is 3.76. The molecule has 0 unspecified atom stereocenters. The predicted octanol–water partition coefficient (Wildman–Crippen LogP) is 3.72. The standard InChI is InChI=1S/C21H24ClNO4/c1-25-18-8-5-16(13-19(18)26-2)21(9-11-27-12-10-21)20(24)23-14-15-3-6-17(22)7-4-15/h3-8,13H,9-12,14H2,1-2H3,(H,23,24). The van der Waals surface area contributed by atoms with Crippen LogP contribution in [0.1, 0.15) is 24.0 Å². The van der Waals surface area contributed by atoms with Gasteiger partial charge in [-0.2, -0.15) is 0 Å². The topological polar surface area (TPSA) is 56.8 Å². The van der Waals surface area contributed by atoms with Crippen LogP contribution in [0.4, 0.5) is 0 Å². The lowest BCUT2D eigenvalue weighted by atomic mass is 9.73. The van der Waals surface area contributed by atoms with Gasteiger partial charge in [0.25, 0.3) is 0 Å². The molecule has 3 rings (SSSR count). The van der Waals surface area contributed by atoms with Crippen LogP contribution < -0.4 is 14.8 Å². The second-order valence-corrected chi connectivity index (χ2v) is 7.01. The molecular weight excluding hydrogens is 366 g/mol. The third kappa shape index (κ3) is 4.20. The van der Waals surface area contributed by atoms with E-state index in [0.717, 1.165) is 11.1 Å². The Hall–Kier alpha value is -2.24. The van der Waals surface area contributed by atoms with Crippen molar-refractivity contribution < 1.29 is 19.0 Å². The molecule has 1 saturated heterocycles. The number of nitrogens with one attached hydrogen (secondary N) is 1. The van der Waals surface area contributed by atoms with E-state index in [4.69, 9.17) is 25.8 Å². The van der Waals surface area contributed by atoms with Gasteiger partial charge in [-0.05, 0) is 48.2 Å². The molecule has 2 aromatic carbocycles. The molecule has 0 atom stereocenters. The lowest BCUT2D eigenvalue weighted by Gasteiger charge is -2.36. The summed E-state index contributed by atoms with van der Waals surface area (Å²) in [6.45, 7) is 1.54. The molecule has 2 aromatic rings. The number of benzene rings is 2. The predicted molar refractivity (Wildman–Crippen MR) is 105 cm³/mol. The van der Waals surface area contributed by atoms with Crippen LogP contribution >= 0.6 is 11.6 Å². The molecule has 27 heavy (non-hydrogen) atoms. The van der Waals surface area contributed by atoms with Crippen molar-refractivity contribution in [3.05, 3.63) is 58.6 Å². The molecule has 1 heterocycles. The van der Waals surface area contributed by atoms with Crippen molar-refractivity contribution in [2.75, 3.05) is 27.4 Å². The first-order valence-corrected chi connectivity index (χ1v) is 9.30. The van der Waals surface area contributed by atoms with Crippen LogP contribution in [0.15, 0.2) is 42.5 Å². The van der Waals surface area contributed by atoms with Gasteiger partial charge in [0, 0.05) is 24.8 Å². The third-order valence-corrected chi connectivity index (χ3v) is 5.34. The molecule has 0 saturated carbocycles. The van der Waals surface area contributed by atoms with E-state index in [1.807, 2.05) is 42.5 Å². The summed E-state index contributed by atoms with van der Waals surface area (Å²) in [7, 11) is 3.19. The average molecular weight is 390 g/mol. The van der Waals surface area contributed by atoms with E-state index in [-0.39, 0.29) is 5.91 Å². The highest BCUT2D eigenvalue weighted by Crippen LogP contribution is 2.39. The maximum absolute atomic E-state index is 13.3. The van der Waals surface area contributed by atoms with Gasteiger partial charge >= 0.3 is 0 Å². The molecule has 0 bridgehead atoms. The number of hydrogen-bond acceptors (Lipinski definition) is 4. The molecule has 6 heteroatoms. The minimum absolute atomic E-state index is 0.00651. The quantitative estimate of drug-likeness (QED) is 0.818. The zero-order valence-corrected chi connectivity index (χ0v) is 16.3. The molecule has 0 spiro atoms. The van der Waals surface area contributed by atoms with Crippen LogP contribution in [0, 0.1) is 0 Å². The third-order valence-electron chi connectivity index (χ3n) is 5.08. The summed E-state index contributed by atoms with van der Waals surface area (Å²) in [6.07, 6.45) is 1.24. The van der Waals surface area contributed by atoms with Crippen molar-refractivity contribution in [3.63, 3.8) is 0 Å². The highest BCUT2D eigenvalue weighted by atomic mass is 35.5. The first kappa shape index (κ1) is 19.5. The zero-order valence-electron chi connectivity index (χ0n) is 15.6. The summed E-state index contributed by atoms with van der Waals surface area (Å²) in [5.41, 5.74) is 1.27. The van der Waals surface area contributed by atoms with Crippen molar-refractivity contribution in [3.8, 4) is 11.5 Å². The Kier molecular flexibility index (Phi) is 6.24. The van der Waals surface area contributed by atoms with Crippen LogP contribution in [0.5, 0.6) is 11.5 Å². The number of carbonyl (C=O) groups excluding carboxylic acids is 1. The number of methoxy groups -OCH3 is 2. The van der Waals surface area contributed by atoms with E-state index in [1.165, 1.54) is 0 Å². The number of halogens is 1. The van der Waals surface area contributed by atoms with Crippen molar-refractivity contribution in [1.82, 2.24) is 5.32 Å². The van der Waals surface area contributed by atoms with Gasteiger partial charge < -0.3 is 19.5 Å². The normalized spacial score (nSPS) is 15.8. The summed E-state index contributed by atoms with van der Waals surface area (Å²) in [6, 6.07) is 13.1. The second-order valence-electron chi connectivity index (χ2n) is 6.57. The Morgan fingerprint density at radius 1 is 1.07 bits per heavy atom. The fourth-order valence-corrected chi connectivity index (χ4v) is 3.58. The van der Waals surface area contributed by atoms with Crippen LogP contribution in [0.25, 0.3) is 0 Å². The van der Waals surface area contributed by atoms with E-state index in [9.17, 15) is 4.79 Å². The average Bonchev–Trinajstić information content (AvgIpc) is 2.73. The van der Waals surface area contributed by atoms with Crippen LogP contribution in [0.3, 0.4) is 0 Å². The van der Waals surface area contributed by atoms with Gasteiger partial charge in [-0.15, -0.1) is 0 Å². The summed E-state index contributed by atoms with van der Waals surface area (Å²) >= 11 is 5.93. The van der Waals surface area contributed by atoms with Gasteiger partial charge in [-0.1, -0.05) is 29.8 Å². The molecule has 1 amide bonds. The van der Waals surface area contributed by atoms with Crippen LogP contribution in [-0.4, -0.2) is 33.3 Å². The molecule has 0 radical (unpaired) electrons.